The molecule has 31 heavy (non-hydrogen) atoms. The Hall–Kier alpha value is -2.51. The van der Waals surface area contributed by atoms with Gasteiger partial charge in [0.1, 0.15) is 5.82 Å². The third kappa shape index (κ3) is 3.22. The maximum absolute atomic E-state index is 14.3. The van der Waals surface area contributed by atoms with Crippen LogP contribution in [0.1, 0.15) is 52.7 Å². The summed E-state index contributed by atoms with van der Waals surface area (Å²) in [7, 11) is 1.88. The van der Waals surface area contributed by atoms with E-state index in [0.717, 1.165) is 41.9 Å². The van der Waals surface area contributed by atoms with Crippen molar-refractivity contribution in [3.8, 4) is 11.4 Å². The largest absolute Gasteiger partial charge is 0.327 e. The molecular formula is C22H20Cl2FN5O. The van der Waals surface area contributed by atoms with E-state index in [1.54, 1.807) is 10.9 Å². The van der Waals surface area contributed by atoms with Crippen LogP contribution in [0.25, 0.3) is 11.4 Å². The molecule has 0 spiro atoms. The molecule has 6 nitrogen and oxygen atoms in total. The van der Waals surface area contributed by atoms with Gasteiger partial charge in [-0.2, -0.15) is 5.10 Å². The SMILES string of the molecule is Cc1nc(-c2ccnn2C)c2c(n1)[C@H]1CCC[C@@H](C2)N1C(=O)c1ccc(Cl)c(F)c1Cl. The number of hydrogen-bond acceptors (Lipinski definition) is 4. The minimum atomic E-state index is -0.770. The van der Waals surface area contributed by atoms with Crippen LogP contribution >= 0.6 is 23.2 Å². The number of rotatable bonds is 2. The molecule has 2 aliphatic heterocycles. The minimum Gasteiger partial charge on any atom is -0.327 e. The van der Waals surface area contributed by atoms with Crippen molar-refractivity contribution in [1.29, 1.82) is 0 Å². The fourth-order valence-corrected chi connectivity index (χ4v) is 5.29. The minimum absolute atomic E-state index is 0.0353. The normalized spacial score (nSPS) is 20.0. The van der Waals surface area contributed by atoms with E-state index in [1.165, 1.54) is 12.1 Å². The summed E-state index contributed by atoms with van der Waals surface area (Å²) in [6, 6.07) is 4.56. The van der Waals surface area contributed by atoms with Crippen molar-refractivity contribution in [2.75, 3.05) is 0 Å². The van der Waals surface area contributed by atoms with E-state index in [2.05, 4.69) is 5.10 Å². The number of benzene rings is 1. The van der Waals surface area contributed by atoms with E-state index in [-0.39, 0.29) is 33.6 Å². The Morgan fingerprint density at radius 2 is 2.00 bits per heavy atom. The van der Waals surface area contributed by atoms with Gasteiger partial charge in [0.05, 0.1) is 38.7 Å². The Morgan fingerprint density at radius 3 is 2.74 bits per heavy atom. The van der Waals surface area contributed by atoms with Gasteiger partial charge in [0.15, 0.2) is 5.82 Å². The Bertz CT molecular complexity index is 1210. The van der Waals surface area contributed by atoms with Gasteiger partial charge in [-0.05, 0) is 50.8 Å². The van der Waals surface area contributed by atoms with Crippen LogP contribution in [-0.4, -0.2) is 36.6 Å². The van der Waals surface area contributed by atoms with Gasteiger partial charge in [-0.1, -0.05) is 23.2 Å². The zero-order valence-electron chi connectivity index (χ0n) is 17.1. The molecule has 5 rings (SSSR count). The standard InChI is InChI=1S/C22H20Cl2FN5O/c1-11-27-20(16-8-9-26-29(16)2)14-10-12-4-3-5-17(21(14)28-11)30(12)22(31)13-6-7-15(23)19(25)18(13)24/h6-9,12,17H,3-5,10H2,1-2H3/t12-,17+/m0/s1. The van der Waals surface area contributed by atoms with Gasteiger partial charge in [-0.3, -0.25) is 9.48 Å². The van der Waals surface area contributed by atoms with Gasteiger partial charge >= 0.3 is 0 Å². The predicted molar refractivity (Wildman–Crippen MR) is 116 cm³/mol. The second-order valence-electron chi connectivity index (χ2n) is 8.06. The smallest absolute Gasteiger partial charge is 0.256 e. The van der Waals surface area contributed by atoms with Crippen LogP contribution in [0.4, 0.5) is 4.39 Å². The molecule has 4 heterocycles. The molecule has 2 aromatic heterocycles. The molecule has 2 atom stereocenters. The molecule has 0 unspecified atom stereocenters. The highest BCUT2D eigenvalue weighted by atomic mass is 35.5. The zero-order chi connectivity index (χ0) is 21.9. The number of fused-ring (bicyclic) bond motifs is 4. The molecule has 0 saturated carbocycles. The van der Waals surface area contributed by atoms with E-state index in [9.17, 15) is 9.18 Å². The van der Waals surface area contributed by atoms with E-state index < -0.39 is 5.82 Å². The van der Waals surface area contributed by atoms with Gasteiger partial charge in [0.25, 0.3) is 5.91 Å². The van der Waals surface area contributed by atoms with Gasteiger partial charge in [-0.25, -0.2) is 14.4 Å². The summed E-state index contributed by atoms with van der Waals surface area (Å²) in [6.45, 7) is 1.85. The Morgan fingerprint density at radius 1 is 1.19 bits per heavy atom. The number of nitrogens with zero attached hydrogens (tertiary/aromatic N) is 5. The van der Waals surface area contributed by atoms with Crippen molar-refractivity contribution in [2.45, 2.75) is 44.7 Å². The van der Waals surface area contributed by atoms with Crippen molar-refractivity contribution in [1.82, 2.24) is 24.6 Å². The van der Waals surface area contributed by atoms with Crippen LogP contribution in [0, 0.1) is 12.7 Å². The lowest BCUT2D eigenvalue weighted by Crippen LogP contribution is -2.50. The number of halogens is 3. The second-order valence-corrected chi connectivity index (χ2v) is 8.85. The molecule has 160 valence electrons. The molecule has 9 heteroatoms. The molecular weight excluding hydrogens is 440 g/mol. The number of hydrogen-bond donors (Lipinski definition) is 0. The monoisotopic (exact) mass is 459 g/mol. The molecule has 3 aromatic rings. The molecule has 0 N–H and O–H groups in total. The highest BCUT2D eigenvalue weighted by Gasteiger charge is 2.43. The topological polar surface area (TPSA) is 63.9 Å². The molecule has 0 aliphatic carbocycles. The lowest BCUT2D eigenvalue weighted by molar-refractivity contribution is 0.0388. The lowest BCUT2D eigenvalue weighted by Gasteiger charge is -2.46. The number of carbonyl (C=O) groups is 1. The Labute approximate surface area is 189 Å². The Kier molecular flexibility index (Phi) is 4.98. The number of piperidine rings is 1. The van der Waals surface area contributed by atoms with Crippen molar-refractivity contribution in [3.63, 3.8) is 0 Å². The third-order valence-corrected chi connectivity index (χ3v) is 6.88. The van der Waals surface area contributed by atoms with E-state index in [1.807, 2.05) is 24.9 Å². The summed E-state index contributed by atoms with van der Waals surface area (Å²) in [5.74, 6) is -0.422. The summed E-state index contributed by atoms with van der Waals surface area (Å²) < 4.78 is 16.1. The maximum atomic E-state index is 14.3. The van der Waals surface area contributed by atoms with Crippen molar-refractivity contribution >= 4 is 29.1 Å². The van der Waals surface area contributed by atoms with Gasteiger partial charge in [-0.15, -0.1) is 0 Å². The third-order valence-electron chi connectivity index (χ3n) is 6.21. The summed E-state index contributed by atoms with van der Waals surface area (Å²) >= 11 is 12.0. The quantitative estimate of drug-likeness (QED) is 0.509. The van der Waals surface area contributed by atoms with E-state index >= 15 is 0 Å². The zero-order valence-corrected chi connectivity index (χ0v) is 18.6. The summed E-state index contributed by atoms with van der Waals surface area (Å²) in [5, 5.41) is 3.94. The molecule has 0 radical (unpaired) electrons. The first-order valence-electron chi connectivity index (χ1n) is 10.2. The van der Waals surface area contributed by atoms with Gasteiger partial charge in [0, 0.05) is 24.8 Å². The van der Waals surface area contributed by atoms with Crippen LogP contribution in [0.2, 0.25) is 10.0 Å². The summed E-state index contributed by atoms with van der Waals surface area (Å²) in [6.07, 6.45) is 5.01. The van der Waals surface area contributed by atoms with Gasteiger partial charge < -0.3 is 4.90 Å². The molecule has 2 bridgehead atoms. The molecule has 1 saturated heterocycles. The highest BCUT2D eigenvalue weighted by Crippen LogP contribution is 2.44. The molecule has 1 aromatic carbocycles. The van der Waals surface area contributed by atoms with Crippen LogP contribution in [0.3, 0.4) is 0 Å². The van der Waals surface area contributed by atoms with Crippen molar-refractivity contribution in [3.05, 3.63) is 62.9 Å². The number of amides is 1. The average Bonchev–Trinajstić information content (AvgIpc) is 3.17. The average molecular weight is 460 g/mol. The molecule has 2 aliphatic rings. The van der Waals surface area contributed by atoms with Crippen LogP contribution < -0.4 is 0 Å². The fraction of sp³-hybridized carbons (Fsp3) is 0.364. The Balaban J connectivity index is 1.63. The molecule has 1 fully saturated rings. The first-order valence-corrected chi connectivity index (χ1v) is 10.9. The molecule has 1 amide bonds. The van der Waals surface area contributed by atoms with Crippen LogP contribution in [0.5, 0.6) is 0 Å². The van der Waals surface area contributed by atoms with Crippen LogP contribution in [-0.2, 0) is 13.5 Å². The maximum Gasteiger partial charge on any atom is 0.256 e. The van der Waals surface area contributed by atoms with E-state index in [0.29, 0.717) is 12.2 Å². The summed E-state index contributed by atoms with van der Waals surface area (Å²) in [5.41, 5.74) is 3.82. The van der Waals surface area contributed by atoms with Crippen molar-refractivity contribution < 1.29 is 9.18 Å². The number of carbonyl (C=O) groups excluding carboxylic acids is 1. The second kappa shape index (κ2) is 7.57. The highest BCUT2D eigenvalue weighted by molar-refractivity contribution is 6.37. The fourth-order valence-electron chi connectivity index (χ4n) is 4.83. The first-order chi connectivity index (χ1) is 14.9. The number of aromatic nitrogens is 4. The predicted octanol–water partition coefficient (Wildman–Crippen LogP) is 4.92. The summed E-state index contributed by atoms with van der Waals surface area (Å²) in [4.78, 5) is 24.8. The first kappa shape index (κ1) is 20.4. The van der Waals surface area contributed by atoms with Gasteiger partial charge in [0.2, 0.25) is 0 Å². The van der Waals surface area contributed by atoms with E-state index in [4.69, 9.17) is 33.2 Å². The lowest BCUT2D eigenvalue weighted by atomic mass is 9.81. The number of aryl methyl sites for hydroxylation is 2. The van der Waals surface area contributed by atoms with Crippen LogP contribution in [0.15, 0.2) is 24.4 Å². The van der Waals surface area contributed by atoms with Crippen molar-refractivity contribution in [2.24, 2.45) is 7.05 Å².